The number of anilines is 1. The van der Waals surface area contributed by atoms with Gasteiger partial charge >= 0.3 is 0 Å². The maximum atomic E-state index is 12.2. The molecule has 26 heavy (non-hydrogen) atoms. The maximum Gasteiger partial charge on any atom is 0.255 e. The lowest BCUT2D eigenvalue weighted by atomic mass is 10.1. The Morgan fingerprint density at radius 3 is 2.19 bits per heavy atom. The minimum absolute atomic E-state index is 0.0896. The molecule has 0 aliphatic carbocycles. The lowest BCUT2D eigenvalue weighted by molar-refractivity contribution is 0.102. The summed E-state index contributed by atoms with van der Waals surface area (Å²) in [5.41, 5.74) is 3.82. The van der Waals surface area contributed by atoms with Gasteiger partial charge in [-0.25, -0.2) is 0 Å². The van der Waals surface area contributed by atoms with Crippen LogP contribution in [0.2, 0.25) is 0 Å². The molecule has 0 bridgehead atoms. The summed E-state index contributed by atoms with van der Waals surface area (Å²) in [6.07, 6.45) is 2.91. The number of rotatable bonds is 5. The van der Waals surface area contributed by atoms with E-state index in [4.69, 9.17) is 0 Å². The van der Waals surface area contributed by atoms with E-state index >= 15 is 0 Å². The largest absolute Gasteiger partial charge is 0.365 e. The van der Waals surface area contributed by atoms with Gasteiger partial charge in [0.1, 0.15) is 0 Å². The molecule has 2 aromatic carbocycles. The number of nitrogens with one attached hydrogen (secondary N) is 2. The summed E-state index contributed by atoms with van der Waals surface area (Å²) in [7, 11) is 1.78. The number of hydrogen-bond donors (Lipinski definition) is 2. The van der Waals surface area contributed by atoms with Crippen LogP contribution in [0.25, 0.3) is 0 Å². The van der Waals surface area contributed by atoms with E-state index in [1.165, 1.54) is 5.56 Å². The summed E-state index contributed by atoms with van der Waals surface area (Å²) in [6.45, 7) is 6.84. The molecule has 140 valence electrons. The van der Waals surface area contributed by atoms with E-state index in [-0.39, 0.29) is 5.91 Å². The van der Waals surface area contributed by atoms with Gasteiger partial charge in [0, 0.05) is 24.8 Å². The van der Waals surface area contributed by atoms with Crippen molar-refractivity contribution in [1.82, 2.24) is 5.32 Å². The first-order valence-corrected chi connectivity index (χ1v) is 10.1. The Hall–Kier alpha value is -2.27. The van der Waals surface area contributed by atoms with Crippen LogP contribution in [0.1, 0.15) is 35.3 Å². The van der Waals surface area contributed by atoms with Gasteiger partial charge in [-0.2, -0.15) is 0 Å². The quantitative estimate of drug-likeness (QED) is 0.589. The number of aryl methyl sites for hydroxylation is 1. The second-order valence-electron chi connectivity index (χ2n) is 5.43. The highest BCUT2D eigenvalue weighted by Gasteiger charge is 2.05. The van der Waals surface area contributed by atoms with Crippen LogP contribution in [0.15, 0.2) is 53.5 Å². The molecule has 0 saturated carbocycles. The normalized spacial score (nSPS) is 10.6. The van der Waals surface area contributed by atoms with Crippen molar-refractivity contribution in [3.05, 3.63) is 65.2 Å². The minimum Gasteiger partial charge on any atom is -0.365 e. The van der Waals surface area contributed by atoms with E-state index in [0.29, 0.717) is 5.56 Å². The maximum absolute atomic E-state index is 12.2. The summed E-state index contributed by atoms with van der Waals surface area (Å²) in [5, 5.41) is 7.15. The summed E-state index contributed by atoms with van der Waals surface area (Å²) in [5.74, 6) is -0.0896. The fourth-order valence-corrected chi connectivity index (χ4v) is 2.65. The monoisotopic (exact) mass is 371 g/mol. The van der Waals surface area contributed by atoms with Crippen LogP contribution >= 0.6 is 11.8 Å². The molecule has 0 aliphatic heterocycles. The summed E-state index contributed by atoms with van der Waals surface area (Å²) in [6, 6.07) is 15.5. The van der Waals surface area contributed by atoms with Gasteiger partial charge < -0.3 is 10.6 Å². The van der Waals surface area contributed by atoms with Crippen LogP contribution in [0.5, 0.6) is 0 Å². The third-order valence-electron chi connectivity index (χ3n) is 3.61. The zero-order valence-corrected chi connectivity index (χ0v) is 17.1. The molecule has 0 atom stereocenters. The highest BCUT2D eigenvalue weighted by atomic mass is 32.2. The average molecular weight is 372 g/mol. The van der Waals surface area contributed by atoms with Crippen molar-refractivity contribution in [2.75, 3.05) is 25.2 Å². The lowest BCUT2D eigenvalue weighted by Gasteiger charge is -2.08. The van der Waals surface area contributed by atoms with Gasteiger partial charge in [-0.3, -0.25) is 9.79 Å². The Labute approximate surface area is 161 Å². The molecule has 0 heterocycles. The molecule has 1 amide bonds. The summed E-state index contributed by atoms with van der Waals surface area (Å²) >= 11 is 1.60. The van der Waals surface area contributed by atoms with Gasteiger partial charge in [0.2, 0.25) is 0 Å². The number of carbonyl (C=O) groups excluding carboxylic acids is 1. The number of amidine groups is 1. The zero-order chi connectivity index (χ0) is 19.4. The molecule has 2 N–H and O–H groups in total. The van der Waals surface area contributed by atoms with Crippen LogP contribution in [0, 0.1) is 6.92 Å². The second kappa shape index (κ2) is 12.1. The van der Waals surface area contributed by atoms with E-state index in [1.54, 1.807) is 18.8 Å². The number of benzene rings is 2. The molecule has 4 nitrogen and oxygen atoms in total. The first kappa shape index (κ1) is 21.8. The van der Waals surface area contributed by atoms with Crippen molar-refractivity contribution in [1.29, 1.82) is 0 Å². The predicted octanol–water partition coefficient (Wildman–Crippen LogP) is 4.75. The SMILES string of the molecule is CC.CN=C(NCCc1ccc(NC(=O)c2ccc(C)cc2)cc1)SC. The number of hydrogen-bond acceptors (Lipinski definition) is 3. The number of aliphatic imine (C=N–C) groups is 1. The van der Waals surface area contributed by atoms with Crippen LogP contribution in [-0.4, -0.2) is 30.9 Å². The van der Waals surface area contributed by atoms with E-state index in [1.807, 2.05) is 75.6 Å². The molecular formula is C21H29N3OS. The van der Waals surface area contributed by atoms with Gasteiger partial charge in [0.25, 0.3) is 5.91 Å². The second-order valence-corrected chi connectivity index (χ2v) is 6.22. The molecule has 0 unspecified atom stereocenters. The third kappa shape index (κ3) is 7.31. The minimum atomic E-state index is -0.0896. The molecule has 0 aromatic heterocycles. The topological polar surface area (TPSA) is 53.5 Å². The molecule has 2 rings (SSSR count). The van der Waals surface area contributed by atoms with Gasteiger partial charge in [0.05, 0.1) is 0 Å². The van der Waals surface area contributed by atoms with Crippen LogP contribution < -0.4 is 10.6 Å². The van der Waals surface area contributed by atoms with E-state index < -0.39 is 0 Å². The Morgan fingerprint density at radius 2 is 1.65 bits per heavy atom. The zero-order valence-electron chi connectivity index (χ0n) is 16.3. The molecule has 2 aromatic rings. The van der Waals surface area contributed by atoms with Crippen molar-refractivity contribution < 1.29 is 4.79 Å². The van der Waals surface area contributed by atoms with Crippen LogP contribution in [0.3, 0.4) is 0 Å². The third-order valence-corrected chi connectivity index (χ3v) is 4.33. The van der Waals surface area contributed by atoms with Crippen molar-refractivity contribution in [2.24, 2.45) is 4.99 Å². The highest BCUT2D eigenvalue weighted by Crippen LogP contribution is 2.12. The number of nitrogens with zero attached hydrogens (tertiary/aromatic N) is 1. The van der Waals surface area contributed by atoms with Gasteiger partial charge in [-0.05, 0) is 49.4 Å². The van der Waals surface area contributed by atoms with Gasteiger partial charge in [-0.1, -0.05) is 55.4 Å². The van der Waals surface area contributed by atoms with E-state index in [0.717, 1.165) is 29.4 Å². The molecule has 0 aliphatic rings. The van der Waals surface area contributed by atoms with Crippen LogP contribution in [-0.2, 0) is 6.42 Å². The molecule has 0 spiro atoms. The fourth-order valence-electron chi connectivity index (χ4n) is 2.22. The molecule has 5 heteroatoms. The Bertz CT molecular complexity index is 694. The van der Waals surface area contributed by atoms with Crippen molar-refractivity contribution in [3.63, 3.8) is 0 Å². The number of amides is 1. The first-order valence-electron chi connectivity index (χ1n) is 8.84. The molecule has 0 fully saturated rings. The molecule has 0 saturated heterocycles. The van der Waals surface area contributed by atoms with E-state index in [2.05, 4.69) is 15.6 Å². The summed E-state index contributed by atoms with van der Waals surface area (Å²) < 4.78 is 0. The Morgan fingerprint density at radius 1 is 1.04 bits per heavy atom. The average Bonchev–Trinajstić information content (AvgIpc) is 2.68. The van der Waals surface area contributed by atoms with Crippen molar-refractivity contribution >= 4 is 28.5 Å². The van der Waals surface area contributed by atoms with Gasteiger partial charge in [0.15, 0.2) is 5.17 Å². The smallest absolute Gasteiger partial charge is 0.255 e. The van der Waals surface area contributed by atoms with Crippen molar-refractivity contribution in [3.8, 4) is 0 Å². The fraction of sp³-hybridized carbons (Fsp3) is 0.333. The molecule has 0 radical (unpaired) electrons. The standard InChI is InChI=1S/C19H23N3OS.C2H6/c1-14-4-8-16(9-5-14)18(23)22-17-10-6-15(7-11-17)12-13-21-19(20-2)24-3;1-2/h4-11H,12-13H2,1-3H3,(H,20,21)(H,22,23);1-2H3. The van der Waals surface area contributed by atoms with Crippen LogP contribution in [0.4, 0.5) is 5.69 Å². The Balaban J connectivity index is 0.00000163. The number of carbonyl (C=O) groups is 1. The van der Waals surface area contributed by atoms with E-state index in [9.17, 15) is 4.79 Å². The predicted molar refractivity (Wildman–Crippen MR) is 116 cm³/mol. The summed E-state index contributed by atoms with van der Waals surface area (Å²) in [4.78, 5) is 16.3. The Kier molecular flexibility index (Phi) is 10.2. The van der Waals surface area contributed by atoms with Gasteiger partial charge in [-0.15, -0.1) is 0 Å². The lowest BCUT2D eigenvalue weighted by Crippen LogP contribution is -2.22. The first-order chi connectivity index (χ1) is 12.6. The molecular weight excluding hydrogens is 342 g/mol. The number of thioether (sulfide) groups is 1. The highest BCUT2D eigenvalue weighted by molar-refractivity contribution is 8.13. The van der Waals surface area contributed by atoms with Crippen molar-refractivity contribution in [2.45, 2.75) is 27.2 Å².